The Morgan fingerprint density at radius 2 is 2.00 bits per heavy atom. The molecule has 100 valence electrons. The van der Waals surface area contributed by atoms with E-state index in [1.165, 1.54) is 0 Å². The molecule has 3 amide bonds. The summed E-state index contributed by atoms with van der Waals surface area (Å²) >= 11 is 0. The third kappa shape index (κ3) is 2.92. The van der Waals surface area contributed by atoms with Gasteiger partial charge in [-0.1, -0.05) is 18.2 Å². The highest BCUT2D eigenvalue weighted by molar-refractivity contribution is 5.94. The fourth-order valence-electron chi connectivity index (χ4n) is 2.14. The van der Waals surface area contributed by atoms with Crippen LogP contribution in [0.15, 0.2) is 30.5 Å². The molecule has 0 atom stereocenters. The summed E-state index contributed by atoms with van der Waals surface area (Å²) < 4.78 is 1.79. The molecule has 0 aliphatic heterocycles. The number of urea groups is 1. The molecule has 0 spiro atoms. The van der Waals surface area contributed by atoms with E-state index in [0.717, 1.165) is 22.9 Å². The maximum absolute atomic E-state index is 11.6. The molecule has 0 aliphatic rings. The molecule has 0 unspecified atom stereocenters. The van der Waals surface area contributed by atoms with Crippen molar-refractivity contribution in [2.24, 2.45) is 11.5 Å². The van der Waals surface area contributed by atoms with Gasteiger partial charge in [0.2, 0.25) is 5.91 Å². The van der Waals surface area contributed by atoms with E-state index < -0.39 is 11.9 Å². The number of hydrogen-bond donors (Lipinski definition) is 3. The molecule has 0 saturated carbocycles. The first-order chi connectivity index (χ1) is 9.11. The van der Waals surface area contributed by atoms with Gasteiger partial charge in [0, 0.05) is 17.1 Å². The highest BCUT2D eigenvalue weighted by Crippen LogP contribution is 2.21. The second-order valence-corrected chi connectivity index (χ2v) is 4.25. The number of nitrogens with one attached hydrogen (secondary N) is 1. The first kappa shape index (κ1) is 13.1. The first-order valence-corrected chi connectivity index (χ1v) is 5.98. The van der Waals surface area contributed by atoms with Gasteiger partial charge in [0.25, 0.3) is 0 Å². The van der Waals surface area contributed by atoms with Crippen molar-refractivity contribution in [3.63, 3.8) is 0 Å². The molecule has 2 aromatic rings. The van der Waals surface area contributed by atoms with Crippen LogP contribution in [0.25, 0.3) is 10.9 Å². The van der Waals surface area contributed by atoms with Crippen molar-refractivity contribution < 1.29 is 9.59 Å². The second kappa shape index (κ2) is 5.53. The van der Waals surface area contributed by atoms with Crippen LogP contribution in [0.2, 0.25) is 0 Å². The minimum atomic E-state index is -0.844. The zero-order valence-electron chi connectivity index (χ0n) is 10.4. The number of benzene rings is 1. The molecule has 1 heterocycles. The van der Waals surface area contributed by atoms with Gasteiger partial charge in [-0.3, -0.25) is 10.1 Å². The number of para-hydroxylation sites is 1. The predicted octanol–water partition coefficient (Wildman–Crippen LogP) is 0.337. The average Bonchev–Trinajstić information content (AvgIpc) is 2.68. The van der Waals surface area contributed by atoms with Gasteiger partial charge in [0.1, 0.15) is 6.54 Å². The average molecular weight is 260 g/mol. The van der Waals surface area contributed by atoms with Gasteiger partial charge in [0.05, 0.1) is 0 Å². The number of imide groups is 1. The highest BCUT2D eigenvalue weighted by atomic mass is 16.2. The molecular formula is C13H16N4O2. The SMILES string of the molecule is NCCc1cn(CC(=O)NC(N)=O)c2ccccc12. The van der Waals surface area contributed by atoms with E-state index >= 15 is 0 Å². The zero-order valence-corrected chi connectivity index (χ0v) is 10.4. The summed E-state index contributed by atoms with van der Waals surface area (Å²) in [5, 5.41) is 3.12. The van der Waals surface area contributed by atoms with E-state index in [4.69, 9.17) is 11.5 Å². The highest BCUT2D eigenvalue weighted by Gasteiger charge is 2.11. The Kier molecular flexibility index (Phi) is 3.82. The van der Waals surface area contributed by atoms with Crippen LogP contribution in [-0.2, 0) is 17.8 Å². The maximum atomic E-state index is 11.6. The molecule has 6 nitrogen and oxygen atoms in total. The first-order valence-electron chi connectivity index (χ1n) is 5.98. The molecule has 19 heavy (non-hydrogen) atoms. The van der Waals surface area contributed by atoms with Gasteiger partial charge in [-0.15, -0.1) is 0 Å². The summed E-state index contributed by atoms with van der Waals surface area (Å²) in [6.45, 7) is 0.593. The van der Waals surface area contributed by atoms with Crippen LogP contribution in [0.3, 0.4) is 0 Å². The molecule has 0 bridgehead atoms. The van der Waals surface area contributed by atoms with Gasteiger partial charge in [0.15, 0.2) is 0 Å². The van der Waals surface area contributed by atoms with Gasteiger partial charge >= 0.3 is 6.03 Å². The predicted molar refractivity (Wildman–Crippen MR) is 72.4 cm³/mol. The van der Waals surface area contributed by atoms with Gasteiger partial charge < -0.3 is 16.0 Å². The number of amides is 3. The number of carbonyl (C=O) groups is 2. The number of hydrogen-bond acceptors (Lipinski definition) is 3. The van der Waals surface area contributed by atoms with Gasteiger partial charge in [-0.25, -0.2) is 4.79 Å². The Hall–Kier alpha value is -2.34. The van der Waals surface area contributed by atoms with E-state index in [0.29, 0.717) is 6.54 Å². The molecule has 1 aromatic carbocycles. The van der Waals surface area contributed by atoms with Crippen LogP contribution < -0.4 is 16.8 Å². The summed E-state index contributed by atoms with van der Waals surface area (Å²) in [7, 11) is 0. The summed E-state index contributed by atoms with van der Waals surface area (Å²) in [6.07, 6.45) is 2.63. The second-order valence-electron chi connectivity index (χ2n) is 4.25. The van der Waals surface area contributed by atoms with E-state index in [2.05, 4.69) is 5.32 Å². The van der Waals surface area contributed by atoms with Crippen molar-refractivity contribution in [2.45, 2.75) is 13.0 Å². The summed E-state index contributed by atoms with van der Waals surface area (Å²) in [6, 6.07) is 6.91. The topological polar surface area (TPSA) is 103 Å². The van der Waals surface area contributed by atoms with E-state index in [1.54, 1.807) is 4.57 Å². The van der Waals surface area contributed by atoms with Crippen molar-refractivity contribution in [3.05, 3.63) is 36.0 Å². The lowest BCUT2D eigenvalue weighted by Crippen LogP contribution is -2.37. The normalized spacial score (nSPS) is 10.6. The molecule has 6 heteroatoms. The summed E-state index contributed by atoms with van der Waals surface area (Å²) in [5.74, 6) is -0.437. The fourth-order valence-corrected chi connectivity index (χ4v) is 2.14. The van der Waals surface area contributed by atoms with Crippen molar-refractivity contribution in [2.75, 3.05) is 6.54 Å². The van der Waals surface area contributed by atoms with E-state index in [-0.39, 0.29) is 6.54 Å². The molecular weight excluding hydrogens is 244 g/mol. The number of aromatic nitrogens is 1. The Morgan fingerprint density at radius 1 is 1.26 bits per heavy atom. The van der Waals surface area contributed by atoms with Crippen molar-refractivity contribution in [1.29, 1.82) is 0 Å². The van der Waals surface area contributed by atoms with Gasteiger partial charge in [-0.05, 0) is 24.6 Å². The van der Waals surface area contributed by atoms with Crippen molar-refractivity contribution in [1.82, 2.24) is 9.88 Å². The van der Waals surface area contributed by atoms with Crippen LogP contribution in [0, 0.1) is 0 Å². The molecule has 0 fully saturated rings. The molecule has 2 rings (SSSR count). The Morgan fingerprint density at radius 3 is 2.68 bits per heavy atom. The lowest BCUT2D eigenvalue weighted by Gasteiger charge is -2.04. The monoisotopic (exact) mass is 260 g/mol. The minimum Gasteiger partial charge on any atom is -0.351 e. The third-order valence-electron chi connectivity index (χ3n) is 2.86. The lowest BCUT2D eigenvalue weighted by atomic mass is 10.1. The Balaban J connectivity index is 2.32. The number of carbonyl (C=O) groups excluding carboxylic acids is 2. The standard InChI is InChI=1S/C13H16N4O2/c14-6-5-9-7-17(8-12(18)16-13(15)19)11-4-2-1-3-10(9)11/h1-4,7H,5-6,8,14H2,(H3,15,16,18,19). The largest absolute Gasteiger partial charge is 0.351 e. The van der Waals surface area contributed by atoms with Crippen LogP contribution in [-0.4, -0.2) is 23.1 Å². The number of primary amides is 1. The van der Waals surface area contributed by atoms with E-state index in [1.807, 2.05) is 30.5 Å². The van der Waals surface area contributed by atoms with Crippen LogP contribution in [0.4, 0.5) is 4.79 Å². The van der Waals surface area contributed by atoms with Crippen molar-refractivity contribution in [3.8, 4) is 0 Å². The van der Waals surface area contributed by atoms with Crippen LogP contribution in [0.1, 0.15) is 5.56 Å². The molecule has 0 aliphatic carbocycles. The lowest BCUT2D eigenvalue weighted by molar-refractivity contribution is -0.120. The number of nitrogens with zero attached hydrogens (tertiary/aromatic N) is 1. The smallest absolute Gasteiger partial charge is 0.318 e. The van der Waals surface area contributed by atoms with E-state index in [9.17, 15) is 9.59 Å². The summed E-state index contributed by atoms with van der Waals surface area (Å²) in [5.41, 5.74) is 12.5. The minimum absolute atomic E-state index is 0.0496. The van der Waals surface area contributed by atoms with Crippen LogP contribution >= 0.6 is 0 Å². The summed E-state index contributed by atoms with van der Waals surface area (Å²) in [4.78, 5) is 22.2. The molecule has 5 N–H and O–H groups in total. The number of fused-ring (bicyclic) bond motifs is 1. The Bertz CT molecular complexity index is 618. The molecule has 1 aromatic heterocycles. The molecule has 0 radical (unpaired) electrons. The quantitative estimate of drug-likeness (QED) is 0.738. The van der Waals surface area contributed by atoms with Gasteiger partial charge in [-0.2, -0.15) is 0 Å². The van der Waals surface area contributed by atoms with Crippen molar-refractivity contribution >= 4 is 22.8 Å². The Labute approximate surface area is 110 Å². The molecule has 0 saturated heterocycles. The zero-order chi connectivity index (χ0) is 13.8. The number of rotatable bonds is 4. The van der Waals surface area contributed by atoms with Crippen LogP contribution in [0.5, 0.6) is 0 Å². The third-order valence-corrected chi connectivity index (χ3v) is 2.86. The fraction of sp³-hybridized carbons (Fsp3) is 0.231. The number of nitrogens with two attached hydrogens (primary N) is 2. The maximum Gasteiger partial charge on any atom is 0.318 e.